The van der Waals surface area contributed by atoms with E-state index in [1.54, 1.807) is 40.1 Å². The molecule has 1 aromatic heterocycles. The molecular weight excluding hydrogens is 378 g/mol. The summed E-state index contributed by atoms with van der Waals surface area (Å²) in [5.74, 6) is -0.837. The van der Waals surface area contributed by atoms with Gasteiger partial charge in [-0.05, 0) is 49.0 Å². The number of rotatable bonds is 6. The van der Waals surface area contributed by atoms with Crippen LogP contribution in [0, 0.1) is 5.92 Å². The molecule has 24 heavy (non-hydrogen) atoms. The molecule has 0 radical (unpaired) electrons. The molecule has 0 saturated heterocycles. The minimum absolute atomic E-state index is 0.0459. The van der Waals surface area contributed by atoms with Crippen molar-refractivity contribution in [2.24, 2.45) is 5.92 Å². The van der Waals surface area contributed by atoms with Crippen LogP contribution in [-0.2, 0) is 9.53 Å². The number of nitrogens with zero attached hydrogens (tertiary/aromatic N) is 2. The summed E-state index contributed by atoms with van der Waals surface area (Å²) < 4.78 is 5.91. The molecule has 1 heterocycles. The van der Waals surface area contributed by atoms with E-state index in [-0.39, 0.29) is 11.8 Å². The van der Waals surface area contributed by atoms with Gasteiger partial charge in [0.15, 0.2) is 0 Å². The molecular formula is C16H24BrN3O4. The Hall–Kier alpha value is -1.70. The first-order chi connectivity index (χ1) is 11.0. The second kappa shape index (κ2) is 8.41. The molecule has 0 bridgehead atoms. The van der Waals surface area contributed by atoms with Gasteiger partial charge in [0.2, 0.25) is 0 Å². The van der Waals surface area contributed by atoms with E-state index in [4.69, 9.17) is 4.74 Å². The third-order valence-corrected chi connectivity index (χ3v) is 3.72. The van der Waals surface area contributed by atoms with Gasteiger partial charge >= 0.3 is 12.1 Å². The number of carboxylic acid groups (broad SMARTS) is 1. The van der Waals surface area contributed by atoms with Gasteiger partial charge in [-0.15, -0.1) is 0 Å². The van der Waals surface area contributed by atoms with E-state index in [9.17, 15) is 14.7 Å². The summed E-state index contributed by atoms with van der Waals surface area (Å²) in [4.78, 5) is 31.8. The van der Waals surface area contributed by atoms with E-state index in [0.29, 0.717) is 12.2 Å². The topological polar surface area (TPSA) is 101 Å². The second-order valence-corrected chi connectivity index (χ2v) is 7.75. The van der Waals surface area contributed by atoms with Gasteiger partial charge < -0.3 is 15.2 Å². The number of aromatic nitrogens is 2. The molecule has 0 fully saturated rings. The van der Waals surface area contributed by atoms with Crippen molar-refractivity contribution in [3.8, 4) is 0 Å². The minimum atomic E-state index is -1.10. The highest BCUT2D eigenvalue weighted by Gasteiger charge is 2.30. The molecule has 1 rings (SSSR count). The standard InChI is InChI=1S/C16H24BrN3O4/c1-9(6-10(2)13-18-7-11(17)8-19-13)12(14(21)22)20-15(23)24-16(3,4)5/h7-10,12H,6H2,1-5H3,(H,20,23)(H,21,22)/t9?,10-,12+/m0/s1. The number of amides is 1. The van der Waals surface area contributed by atoms with E-state index in [0.717, 1.165) is 4.47 Å². The highest BCUT2D eigenvalue weighted by atomic mass is 79.9. The molecule has 2 N–H and O–H groups in total. The van der Waals surface area contributed by atoms with Crippen molar-refractivity contribution in [3.05, 3.63) is 22.7 Å². The van der Waals surface area contributed by atoms with Crippen molar-refractivity contribution in [2.45, 2.75) is 58.6 Å². The maximum absolute atomic E-state index is 11.8. The van der Waals surface area contributed by atoms with E-state index in [1.165, 1.54) is 0 Å². The first-order valence-corrected chi connectivity index (χ1v) is 8.48. The van der Waals surface area contributed by atoms with Gasteiger partial charge in [0.25, 0.3) is 0 Å². The molecule has 1 amide bonds. The summed E-state index contributed by atoms with van der Waals surface area (Å²) in [6.45, 7) is 8.85. The highest BCUT2D eigenvalue weighted by Crippen LogP contribution is 2.23. The van der Waals surface area contributed by atoms with Crippen molar-refractivity contribution in [3.63, 3.8) is 0 Å². The van der Waals surface area contributed by atoms with Crippen LogP contribution in [-0.4, -0.2) is 38.8 Å². The number of hydrogen-bond donors (Lipinski definition) is 2. The van der Waals surface area contributed by atoms with Crippen LogP contribution in [0.5, 0.6) is 0 Å². The van der Waals surface area contributed by atoms with Gasteiger partial charge in [0.1, 0.15) is 17.5 Å². The van der Waals surface area contributed by atoms with Gasteiger partial charge in [0, 0.05) is 18.3 Å². The van der Waals surface area contributed by atoms with Crippen molar-refractivity contribution in [1.82, 2.24) is 15.3 Å². The van der Waals surface area contributed by atoms with Gasteiger partial charge in [-0.2, -0.15) is 0 Å². The van der Waals surface area contributed by atoms with Crippen LogP contribution >= 0.6 is 15.9 Å². The van der Waals surface area contributed by atoms with Crippen LogP contribution in [0.15, 0.2) is 16.9 Å². The lowest BCUT2D eigenvalue weighted by atomic mass is 9.90. The maximum Gasteiger partial charge on any atom is 0.408 e. The Bertz CT molecular complexity index is 572. The normalized spacial score (nSPS) is 15.2. The lowest BCUT2D eigenvalue weighted by Crippen LogP contribution is -2.47. The number of ether oxygens (including phenoxy) is 1. The van der Waals surface area contributed by atoms with Crippen LogP contribution in [0.2, 0.25) is 0 Å². The lowest BCUT2D eigenvalue weighted by molar-refractivity contribution is -0.140. The Morgan fingerprint density at radius 1 is 1.29 bits per heavy atom. The number of hydrogen-bond acceptors (Lipinski definition) is 5. The summed E-state index contributed by atoms with van der Waals surface area (Å²) in [7, 11) is 0. The molecule has 0 aromatic carbocycles. The predicted octanol–water partition coefficient (Wildman–Crippen LogP) is 3.35. The molecule has 0 saturated carbocycles. The summed E-state index contributed by atoms with van der Waals surface area (Å²) in [6, 6.07) is -1.04. The minimum Gasteiger partial charge on any atom is -0.480 e. The molecule has 0 aliphatic heterocycles. The Morgan fingerprint density at radius 3 is 2.29 bits per heavy atom. The van der Waals surface area contributed by atoms with Crippen LogP contribution in [0.3, 0.4) is 0 Å². The van der Waals surface area contributed by atoms with Crippen molar-refractivity contribution >= 4 is 28.0 Å². The average molecular weight is 402 g/mol. The number of carbonyl (C=O) groups excluding carboxylic acids is 1. The van der Waals surface area contributed by atoms with Crippen molar-refractivity contribution < 1.29 is 19.4 Å². The highest BCUT2D eigenvalue weighted by molar-refractivity contribution is 9.10. The third-order valence-electron chi connectivity index (χ3n) is 3.31. The fourth-order valence-electron chi connectivity index (χ4n) is 2.26. The van der Waals surface area contributed by atoms with Crippen molar-refractivity contribution in [2.75, 3.05) is 0 Å². The van der Waals surface area contributed by atoms with E-state index in [2.05, 4.69) is 31.2 Å². The largest absolute Gasteiger partial charge is 0.480 e. The fourth-order valence-corrected chi connectivity index (χ4v) is 2.46. The molecule has 8 heteroatoms. The van der Waals surface area contributed by atoms with Crippen LogP contribution in [0.1, 0.15) is 52.8 Å². The zero-order valence-corrected chi connectivity index (χ0v) is 16.1. The zero-order chi connectivity index (χ0) is 18.5. The number of carboxylic acids is 1. The Morgan fingerprint density at radius 2 is 1.83 bits per heavy atom. The molecule has 0 aliphatic carbocycles. The smallest absolute Gasteiger partial charge is 0.408 e. The van der Waals surface area contributed by atoms with Crippen LogP contribution in [0.25, 0.3) is 0 Å². The lowest BCUT2D eigenvalue weighted by Gasteiger charge is -2.26. The first kappa shape index (κ1) is 20.3. The molecule has 1 aromatic rings. The summed E-state index contributed by atoms with van der Waals surface area (Å²) in [5.41, 5.74) is -0.686. The van der Waals surface area contributed by atoms with Gasteiger partial charge in [-0.1, -0.05) is 13.8 Å². The van der Waals surface area contributed by atoms with Crippen molar-refractivity contribution in [1.29, 1.82) is 0 Å². The van der Waals surface area contributed by atoms with E-state index >= 15 is 0 Å². The SMILES string of the molecule is CC(C[C@H](C)c1ncc(Br)cn1)[C@@H](NC(=O)OC(C)(C)C)C(=O)O. The number of alkyl carbamates (subject to hydrolysis) is 1. The quantitative estimate of drug-likeness (QED) is 0.757. The molecule has 7 nitrogen and oxygen atoms in total. The van der Waals surface area contributed by atoms with E-state index < -0.39 is 23.7 Å². The molecule has 0 aliphatic rings. The Labute approximate surface area is 150 Å². The Kier molecular flexibility index (Phi) is 7.13. The maximum atomic E-state index is 11.8. The zero-order valence-electron chi connectivity index (χ0n) is 14.5. The summed E-state index contributed by atoms with van der Waals surface area (Å²) in [6.07, 6.45) is 3.07. The second-order valence-electron chi connectivity index (χ2n) is 6.84. The molecule has 0 spiro atoms. The van der Waals surface area contributed by atoms with Crippen LogP contribution < -0.4 is 5.32 Å². The predicted molar refractivity (Wildman–Crippen MR) is 92.7 cm³/mol. The van der Waals surface area contributed by atoms with Gasteiger partial charge in [-0.3, -0.25) is 0 Å². The molecule has 3 atom stereocenters. The van der Waals surface area contributed by atoms with Crippen LogP contribution in [0.4, 0.5) is 4.79 Å². The number of aliphatic carboxylic acids is 1. The summed E-state index contributed by atoms with van der Waals surface area (Å²) >= 11 is 3.27. The third kappa shape index (κ3) is 6.82. The summed E-state index contributed by atoms with van der Waals surface area (Å²) in [5, 5.41) is 11.8. The van der Waals surface area contributed by atoms with E-state index in [1.807, 2.05) is 6.92 Å². The Balaban J connectivity index is 2.72. The van der Waals surface area contributed by atoms with Gasteiger partial charge in [-0.25, -0.2) is 19.6 Å². The molecule has 1 unspecified atom stereocenters. The number of nitrogens with one attached hydrogen (secondary N) is 1. The first-order valence-electron chi connectivity index (χ1n) is 7.69. The van der Waals surface area contributed by atoms with Gasteiger partial charge in [0.05, 0.1) is 4.47 Å². The fraction of sp³-hybridized carbons (Fsp3) is 0.625. The average Bonchev–Trinajstić information content (AvgIpc) is 2.43. The number of halogens is 1. The monoisotopic (exact) mass is 401 g/mol. The number of carbonyl (C=O) groups is 2. The molecule has 134 valence electrons.